The molecule has 7 nitrogen and oxygen atoms in total. The number of nitrogens with one attached hydrogen (secondary N) is 3. The fourth-order valence-electron chi connectivity index (χ4n) is 2.53. The summed E-state index contributed by atoms with van der Waals surface area (Å²) in [6.45, 7) is 4.90. The number of carbonyl (C=O) groups excluding carboxylic acids is 1. The monoisotopic (exact) mass is 387 g/mol. The van der Waals surface area contributed by atoms with Gasteiger partial charge in [-0.2, -0.15) is 0 Å². The maximum Gasteiger partial charge on any atom is 0.262 e. The number of hydrogen-bond acceptors (Lipinski definition) is 6. The van der Waals surface area contributed by atoms with Gasteiger partial charge in [-0.25, -0.2) is 0 Å². The summed E-state index contributed by atoms with van der Waals surface area (Å²) in [6, 6.07) is 13.2. The fraction of sp³-hybridized carbons (Fsp3) is 0.381. The van der Waals surface area contributed by atoms with Gasteiger partial charge in [0.1, 0.15) is 0 Å². The summed E-state index contributed by atoms with van der Waals surface area (Å²) in [6.07, 6.45) is 0. The van der Waals surface area contributed by atoms with Gasteiger partial charge in [0.05, 0.1) is 13.7 Å². The van der Waals surface area contributed by atoms with Crippen molar-refractivity contribution in [1.29, 1.82) is 0 Å². The van der Waals surface area contributed by atoms with Gasteiger partial charge in [-0.05, 0) is 36.8 Å². The predicted molar refractivity (Wildman–Crippen MR) is 110 cm³/mol. The summed E-state index contributed by atoms with van der Waals surface area (Å²) in [4.78, 5) is 12.1. The third-order valence-corrected chi connectivity index (χ3v) is 4.02. The molecule has 0 aliphatic heterocycles. The second kappa shape index (κ2) is 12.0. The number of hydrogen-bond donors (Lipinski definition) is 4. The number of aliphatic hydroxyl groups excluding tert-OH is 1. The number of amides is 1. The van der Waals surface area contributed by atoms with Gasteiger partial charge in [0.15, 0.2) is 18.1 Å². The number of aryl methyl sites for hydroxylation is 1. The molecule has 4 N–H and O–H groups in total. The first-order valence-electron chi connectivity index (χ1n) is 9.31. The summed E-state index contributed by atoms with van der Waals surface area (Å²) >= 11 is 0. The van der Waals surface area contributed by atoms with Crippen molar-refractivity contribution in [3.63, 3.8) is 0 Å². The van der Waals surface area contributed by atoms with Crippen LogP contribution in [0.1, 0.15) is 11.1 Å². The molecule has 2 aromatic carbocycles. The zero-order valence-electron chi connectivity index (χ0n) is 16.5. The number of benzene rings is 2. The number of rotatable bonds is 12. The molecule has 0 aliphatic carbocycles. The number of carbonyl (C=O) groups is 1. The number of aliphatic hydroxyl groups is 1. The van der Waals surface area contributed by atoms with Crippen molar-refractivity contribution in [2.24, 2.45) is 0 Å². The van der Waals surface area contributed by atoms with E-state index < -0.39 is 0 Å². The van der Waals surface area contributed by atoms with E-state index in [1.807, 2.05) is 43.3 Å². The second-order valence-corrected chi connectivity index (χ2v) is 6.34. The number of methoxy groups -OCH3 is 1. The molecular formula is C21H29N3O4. The molecule has 0 saturated carbocycles. The SMILES string of the molecule is COc1cc(CNCCNCCO)ccc1OCC(=O)Nc1ccc(C)cc1. The van der Waals surface area contributed by atoms with Crippen LogP contribution in [-0.4, -0.2) is 51.0 Å². The Kier molecular flexibility index (Phi) is 9.27. The molecule has 0 saturated heterocycles. The van der Waals surface area contributed by atoms with Crippen LogP contribution in [0.4, 0.5) is 5.69 Å². The van der Waals surface area contributed by atoms with Crippen molar-refractivity contribution in [3.8, 4) is 11.5 Å². The Morgan fingerprint density at radius 3 is 2.46 bits per heavy atom. The van der Waals surface area contributed by atoms with Crippen molar-refractivity contribution in [2.75, 3.05) is 45.3 Å². The molecule has 0 radical (unpaired) electrons. The van der Waals surface area contributed by atoms with Crippen LogP contribution < -0.4 is 25.4 Å². The van der Waals surface area contributed by atoms with Gasteiger partial charge >= 0.3 is 0 Å². The molecule has 7 heteroatoms. The lowest BCUT2D eigenvalue weighted by molar-refractivity contribution is -0.118. The average Bonchev–Trinajstić information content (AvgIpc) is 2.71. The highest BCUT2D eigenvalue weighted by Gasteiger charge is 2.09. The van der Waals surface area contributed by atoms with Gasteiger partial charge in [-0.3, -0.25) is 4.79 Å². The minimum Gasteiger partial charge on any atom is -0.493 e. The Labute approximate surface area is 166 Å². The molecule has 0 spiro atoms. The van der Waals surface area contributed by atoms with E-state index in [0.29, 0.717) is 24.6 Å². The van der Waals surface area contributed by atoms with Crippen molar-refractivity contribution in [2.45, 2.75) is 13.5 Å². The van der Waals surface area contributed by atoms with Crippen molar-refractivity contribution in [1.82, 2.24) is 10.6 Å². The molecule has 2 aromatic rings. The maximum atomic E-state index is 12.1. The summed E-state index contributed by atoms with van der Waals surface area (Å²) in [5.74, 6) is 0.878. The Balaban J connectivity index is 1.80. The van der Waals surface area contributed by atoms with Crippen LogP contribution in [0.25, 0.3) is 0 Å². The minimum absolute atomic E-state index is 0.0988. The topological polar surface area (TPSA) is 91.8 Å². The molecule has 2 rings (SSSR count). The zero-order chi connectivity index (χ0) is 20.2. The summed E-state index contributed by atoms with van der Waals surface area (Å²) in [5, 5.41) is 17.9. The van der Waals surface area contributed by atoms with Crippen LogP contribution >= 0.6 is 0 Å². The van der Waals surface area contributed by atoms with Crippen molar-refractivity contribution < 1.29 is 19.4 Å². The van der Waals surface area contributed by atoms with Gasteiger partial charge in [0.2, 0.25) is 0 Å². The van der Waals surface area contributed by atoms with Gasteiger partial charge in [0, 0.05) is 31.9 Å². The van der Waals surface area contributed by atoms with E-state index in [0.717, 1.165) is 29.9 Å². The lowest BCUT2D eigenvalue weighted by Crippen LogP contribution is -2.28. The predicted octanol–water partition coefficient (Wildman–Crippen LogP) is 1.69. The summed E-state index contributed by atoms with van der Waals surface area (Å²) in [7, 11) is 1.57. The van der Waals surface area contributed by atoms with Crippen LogP contribution in [0.5, 0.6) is 11.5 Å². The summed E-state index contributed by atoms with van der Waals surface area (Å²) in [5.41, 5.74) is 2.92. The fourth-order valence-corrected chi connectivity index (χ4v) is 2.53. The quantitative estimate of drug-likeness (QED) is 0.414. The molecule has 28 heavy (non-hydrogen) atoms. The van der Waals surface area contributed by atoms with E-state index >= 15 is 0 Å². The summed E-state index contributed by atoms with van der Waals surface area (Å²) < 4.78 is 11.0. The molecule has 0 aromatic heterocycles. The number of anilines is 1. The van der Waals surface area contributed by atoms with E-state index in [9.17, 15) is 4.79 Å². The first kappa shape index (κ1) is 21.7. The Morgan fingerprint density at radius 2 is 1.75 bits per heavy atom. The molecule has 1 amide bonds. The van der Waals surface area contributed by atoms with Crippen molar-refractivity contribution >= 4 is 11.6 Å². The van der Waals surface area contributed by atoms with E-state index in [1.54, 1.807) is 13.2 Å². The molecule has 0 atom stereocenters. The van der Waals surface area contributed by atoms with E-state index in [4.69, 9.17) is 14.6 Å². The molecule has 0 fully saturated rings. The van der Waals surface area contributed by atoms with Gasteiger partial charge in [-0.1, -0.05) is 23.8 Å². The van der Waals surface area contributed by atoms with Crippen LogP contribution in [-0.2, 0) is 11.3 Å². The normalized spacial score (nSPS) is 10.5. The zero-order valence-corrected chi connectivity index (χ0v) is 16.5. The molecule has 0 aliphatic rings. The average molecular weight is 387 g/mol. The molecule has 0 unspecified atom stereocenters. The molecule has 0 heterocycles. The van der Waals surface area contributed by atoms with E-state index in [-0.39, 0.29) is 19.1 Å². The Morgan fingerprint density at radius 1 is 1.00 bits per heavy atom. The first-order valence-corrected chi connectivity index (χ1v) is 9.31. The highest BCUT2D eigenvalue weighted by atomic mass is 16.5. The number of ether oxygens (including phenoxy) is 2. The molecule has 152 valence electrons. The molecular weight excluding hydrogens is 358 g/mol. The smallest absolute Gasteiger partial charge is 0.262 e. The maximum absolute atomic E-state index is 12.1. The molecule has 0 bridgehead atoms. The third kappa shape index (κ3) is 7.56. The largest absolute Gasteiger partial charge is 0.493 e. The Hall–Kier alpha value is -2.61. The van der Waals surface area contributed by atoms with Gasteiger partial charge in [-0.15, -0.1) is 0 Å². The minimum atomic E-state index is -0.230. The standard InChI is InChI=1S/C21H29N3O4/c1-16-3-6-18(7-4-16)24-21(26)15-28-19-8-5-17(13-20(19)27-2)14-23-10-9-22-11-12-25/h3-8,13,22-23,25H,9-12,14-15H2,1-2H3,(H,24,26). The van der Waals surface area contributed by atoms with Crippen LogP contribution in [0.3, 0.4) is 0 Å². The first-order chi connectivity index (χ1) is 13.6. The lowest BCUT2D eigenvalue weighted by atomic mass is 10.2. The third-order valence-electron chi connectivity index (χ3n) is 4.02. The lowest BCUT2D eigenvalue weighted by Gasteiger charge is -2.13. The highest BCUT2D eigenvalue weighted by Crippen LogP contribution is 2.28. The van der Waals surface area contributed by atoms with E-state index in [1.165, 1.54) is 0 Å². The van der Waals surface area contributed by atoms with Crippen molar-refractivity contribution in [3.05, 3.63) is 53.6 Å². The van der Waals surface area contributed by atoms with Crippen LogP contribution in [0, 0.1) is 6.92 Å². The van der Waals surface area contributed by atoms with Gasteiger partial charge in [0.25, 0.3) is 5.91 Å². The van der Waals surface area contributed by atoms with Gasteiger partial charge < -0.3 is 30.5 Å². The van der Waals surface area contributed by atoms with Crippen LogP contribution in [0.2, 0.25) is 0 Å². The van der Waals surface area contributed by atoms with E-state index in [2.05, 4.69) is 16.0 Å². The Bertz CT molecular complexity index is 735. The second-order valence-electron chi connectivity index (χ2n) is 6.34. The van der Waals surface area contributed by atoms with Crippen LogP contribution in [0.15, 0.2) is 42.5 Å². The highest BCUT2D eigenvalue weighted by molar-refractivity contribution is 5.91.